The first-order valence-electron chi connectivity index (χ1n) is 10.9. The van der Waals surface area contributed by atoms with E-state index in [-0.39, 0.29) is 30.3 Å². The molecule has 3 aromatic rings. The minimum atomic E-state index is -4.61. The predicted octanol–water partition coefficient (Wildman–Crippen LogP) is 4.18. The first kappa shape index (κ1) is 23.7. The van der Waals surface area contributed by atoms with Crippen LogP contribution in [-0.4, -0.2) is 40.1 Å². The number of pyridine rings is 1. The van der Waals surface area contributed by atoms with E-state index < -0.39 is 17.7 Å². The highest BCUT2D eigenvalue weighted by Crippen LogP contribution is 2.35. The van der Waals surface area contributed by atoms with E-state index in [4.69, 9.17) is 10.5 Å². The Morgan fingerprint density at radius 2 is 1.91 bits per heavy atom. The van der Waals surface area contributed by atoms with Crippen LogP contribution in [0.4, 0.5) is 30.8 Å². The summed E-state index contributed by atoms with van der Waals surface area (Å²) < 4.78 is 45.5. The van der Waals surface area contributed by atoms with Crippen LogP contribution in [0.3, 0.4) is 0 Å². The third-order valence-corrected chi connectivity index (χ3v) is 5.81. The van der Waals surface area contributed by atoms with Crippen molar-refractivity contribution in [2.24, 2.45) is 5.73 Å². The lowest BCUT2D eigenvalue weighted by Gasteiger charge is -2.28. The minimum absolute atomic E-state index is 0.0465. The molecular weight excluding hydrogens is 449 g/mol. The second-order valence-corrected chi connectivity index (χ2v) is 8.26. The number of nitrogens with two attached hydrogens (primary N) is 1. The number of alkyl halides is 3. The van der Waals surface area contributed by atoms with Gasteiger partial charge in [0.2, 0.25) is 5.95 Å². The van der Waals surface area contributed by atoms with E-state index in [1.54, 1.807) is 6.07 Å². The van der Waals surface area contributed by atoms with Crippen molar-refractivity contribution in [3.05, 3.63) is 47.8 Å². The topological polar surface area (TPSA) is 115 Å². The van der Waals surface area contributed by atoms with E-state index in [2.05, 4.69) is 25.6 Å². The van der Waals surface area contributed by atoms with Gasteiger partial charge in [0.1, 0.15) is 17.2 Å². The third kappa shape index (κ3) is 5.53. The SMILES string of the molecule is COC(=O)Cc1nc(Nc2ncc(C(F)(F)F)c(NC3CCC(N)CC3)n2)cc2ccccc12. The number of halogens is 3. The fraction of sp³-hybridized carbons (Fsp3) is 0.391. The Morgan fingerprint density at radius 1 is 1.18 bits per heavy atom. The van der Waals surface area contributed by atoms with Crippen molar-refractivity contribution in [2.75, 3.05) is 17.7 Å². The van der Waals surface area contributed by atoms with Crippen molar-refractivity contribution in [3.8, 4) is 0 Å². The van der Waals surface area contributed by atoms with Gasteiger partial charge in [0, 0.05) is 23.7 Å². The fourth-order valence-corrected chi connectivity index (χ4v) is 4.01. The first-order valence-corrected chi connectivity index (χ1v) is 10.9. The molecule has 11 heteroatoms. The van der Waals surface area contributed by atoms with Crippen molar-refractivity contribution in [1.82, 2.24) is 15.0 Å². The molecule has 0 spiro atoms. The second-order valence-electron chi connectivity index (χ2n) is 8.26. The van der Waals surface area contributed by atoms with Crippen LogP contribution in [0.5, 0.6) is 0 Å². The molecule has 1 aromatic carbocycles. The number of rotatable bonds is 6. The van der Waals surface area contributed by atoms with Crippen molar-refractivity contribution in [1.29, 1.82) is 0 Å². The Kier molecular flexibility index (Phi) is 6.82. The summed E-state index contributed by atoms with van der Waals surface area (Å²) in [5.74, 6) is -0.498. The number of benzene rings is 1. The second kappa shape index (κ2) is 9.80. The van der Waals surface area contributed by atoms with Crippen LogP contribution >= 0.6 is 0 Å². The number of carbonyl (C=O) groups is 1. The number of nitrogens with one attached hydrogen (secondary N) is 2. The number of anilines is 3. The molecule has 0 atom stereocenters. The summed E-state index contributed by atoms with van der Waals surface area (Å²) in [5.41, 5.74) is 5.44. The van der Waals surface area contributed by atoms with Crippen molar-refractivity contribution in [2.45, 2.75) is 50.4 Å². The normalized spacial score (nSPS) is 18.5. The summed E-state index contributed by atoms with van der Waals surface area (Å²) in [6, 6.07) is 8.96. The molecule has 2 aromatic heterocycles. The van der Waals surface area contributed by atoms with Crippen LogP contribution in [0.2, 0.25) is 0 Å². The molecule has 34 heavy (non-hydrogen) atoms. The summed E-state index contributed by atoms with van der Waals surface area (Å²) >= 11 is 0. The van der Waals surface area contributed by atoms with Crippen LogP contribution in [0, 0.1) is 0 Å². The van der Waals surface area contributed by atoms with Gasteiger partial charge in [0.25, 0.3) is 0 Å². The maximum atomic E-state index is 13.6. The van der Waals surface area contributed by atoms with Gasteiger partial charge in [0.15, 0.2) is 0 Å². The van der Waals surface area contributed by atoms with Crippen molar-refractivity contribution < 1.29 is 22.7 Å². The monoisotopic (exact) mass is 474 g/mol. The van der Waals surface area contributed by atoms with Gasteiger partial charge in [-0.3, -0.25) is 4.79 Å². The van der Waals surface area contributed by atoms with Crippen molar-refractivity contribution >= 4 is 34.3 Å². The number of esters is 1. The molecule has 1 aliphatic rings. The quantitative estimate of drug-likeness (QED) is 0.456. The number of nitrogens with zero attached hydrogens (tertiary/aromatic N) is 3. The van der Waals surface area contributed by atoms with Gasteiger partial charge in [-0.05, 0) is 37.1 Å². The largest absolute Gasteiger partial charge is 0.469 e. The standard InChI is InChI=1S/C23H25F3N6O2/c1-34-20(33)11-18-16-5-3-2-4-13(16)10-19(30-18)31-22-28-12-17(23(24,25)26)21(32-22)29-15-8-6-14(27)7-9-15/h2-5,10,12,14-15H,6-9,11,27H2,1H3,(H2,28,29,30,31,32). The number of hydrogen-bond donors (Lipinski definition) is 3. The number of hydrogen-bond acceptors (Lipinski definition) is 8. The van der Waals surface area contributed by atoms with Crippen LogP contribution in [0.15, 0.2) is 36.5 Å². The Morgan fingerprint density at radius 3 is 2.62 bits per heavy atom. The lowest BCUT2D eigenvalue weighted by atomic mass is 9.92. The van der Waals surface area contributed by atoms with E-state index in [9.17, 15) is 18.0 Å². The zero-order chi connectivity index (χ0) is 24.3. The molecule has 4 N–H and O–H groups in total. The van der Waals surface area contributed by atoms with E-state index in [0.29, 0.717) is 24.4 Å². The smallest absolute Gasteiger partial charge is 0.421 e. The first-order chi connectivity index (χ1) is 16.2. The fourth-order valence-electron chi connectivity index (χ4n) is 4.01. The molecule has 0 saturated heterocycles. The lowest BCUT2D eigenvalue weighted by molar-refractivity contribution is -0.140. The Labute approximate surface area is 194 Å². The van der Waals surface area contributed by atoms with Crippen LogP contribution in [0.25, 0.3) is 10.8 Å². The third-order valence-electron chi connectivity index (χ3n) is 5.81. The molecule has 2 heterocycles. The number of fused-ring (bicyclic) bond motifs is 1. The molecule has 4 rings (SSSR count). The molecule has 0 bridgehead atoms. The van der Waals surface area contributed by atoms with E-state index in [0.717, 1.165) is 29.8 Å². The van der Waals surface area contributed by atoms with E-state index in [1.807, 2.05) is 24.3 Å². The van der Waals surface area contributed by atoms with Crippen LogP contribution in [0.1, 0.15) is 36.9 Å². The molecule has 1 fully saturated rings. The highest BCUT2D eigenvalue weighted by atomic mass is 19.4. The molecular formula is C23H25F3N6O2. The van der Waals surface area contributed by atoms with Gasteiger partial charge in [-0.15, -0.1) is 0 Å². The molecule has 0 aliphatic heterocycles. The summed E-state index contributed by atoms with van der Waals surface area (Å²) in [6.45, 7) is 0. The van der Waals surface area contributed by atoms with Crippen LogP contribution in [-0.2, 0) is 22.1 Å². The molecule has 1 saturated carbocycles. The number of methoxy groups -OCH3 is 1. The van der Waals surface area contributed by atoms with Gasteiger partial charge in [0.05, 0.1) is 19.2 Å². The number of ether oxygens (including phenoxy) is 1. The van der Waals surface area contributed by atoms with Crippen molar-refractivity contribution in [3.63, 3.8) is 0 Å². The van der Waals surface area contributed by atoms with Gasteiger partial charge in [-0.25, -0.2) is 9.97 Å². The zero-order valence-electron chi connectivity index (χ0n) is 18.5. The lowest BCUT2D eigenvalue weighted by Crippen LogP contribution is -2.33. The maximum Gasteiger partial charge on any atom is 0.421 e. The molecule has 0 radical (unpaired) electrons. The summed E-state index contributed by atoms with van der Waals surface area (Å²) in [7, 11) is 1.29. The summed E-state index contributed by atoms with van der Waals surface area (Å²) in [4.78, 5) is 24.3. The highest BCUT2D eigenvalue weighted by molar-refractivity contribution is 5.89. The summed E-state index contributed by atoms with van der Waals surface area (Å²) in [6.07, 6.45) is -1.12. The molecule has 8 nitrogen and oxygen atoms in total. The maximum absolute atomic E-state index is 13.6. The van der Waals surface area contributed by atoms with Crippen LogP contribution < -0.4 is 16.4 Å². The average molecular weight is 474 g/mol. The molecule has 0 unspecified atom stereocenters. The van der Waals surface area contributed by atoms with Gasteiger partial charge in [-0.2, -0.15) is 18.2 Å². The molecule has 180 valence electrons. The minimum Gasteiger partial charge on any atom is -0.469 e. The zero-order valence-corrected chi connectivity index (χ0v) is 18.5. The Bertz CT molecular complexity index is 1180. The van der Waals surface area contributed by atoms with Gasteiger partial charge < -0.3 is 21.1 Å². The predicted molar refractivity (Wildman–Crippen MR) is 122 cm³/mol. The molecule has 1 aliphatic carbocycles. The number of aromatic nitrogens is 3. The highest BCUT2D eigenvalue weighted by Gasteiger charge is 2.36. The average Bonchev–Trinajstić information content (AvgIpc) is 2.80. The van der Waals surface area contributed by atoms with Gasteiger partial charge in [-0.1, -0.05) is 24.3 Å². The van der Waals surface area contributed by atoms with E-state index >= 15 is 0 Å². The molecule has 0 amide bonds. The Balaban J connectivity index is 1.65. The Hall–Kier alpha value is -3.47. The number of carbonyl (C=O) groups excluding carboxylic acids is 1. The summed E-state index contributed by atoms with van der Waals surface area (Å²) in [5, 5.41) is 7.37. The van der Waals surface area contributed by atoms with E-state index in [1.165, 1.54) is 7.11 Å². The van der Waals surface area contributed by atoms with Gasteiger partial charge >= 0.3 is 12.1 Å².